The van der Waals surface area contributed by atoms with Crippen LogP contribution < -0.4 is 4.74 Å². The van der Waals surface area contributed by atoms with Crippen molar-refractivity contribution in [2.24, 2.45) is 0 Å². The summed E-state index contributed by atoms with van der Waals surface area (Å²) in [4.78, 5) is 11.5. The molecule has 0 amide bonds. The molecule has 0 fully saturated rings. The zero-order valence-electron chi connectivity index (χ0n) is 8.14. The number of aryl methyl sites for hydroxylation is 1. The number of carbonyl (C=O) groups is 1. The third-order valence-electron chi connectivity index (χ3n) is 1.81. The molecule has 0 aliphatic heterocycles. The number of rotatable bonds is 2. The first-order valence-electron chi connectivity index (χ1n) is 4.46. The number of hydrogen-bond donors (Lipinski definition) is 0. The molecule has 0 aliphatic carbocycles. The molecular formula is C11H9NO3. The summed E-state index contributed by atoms with van der Waals surface area (Å²) < 4.78 is 9.75. The zero-order chi connectivity index (χ0) is 10.7. The lowest BCUT2D eigenvalue weighted by molar-refractivity contribution is 0.0721. The van der Waals surface area contributed by atoms with Crippen LogP contribution in [0, 0.1) is 6.92 Å². The van der Waals surface area contributed by atoms with Gasteiger partial charge in [0.15, 0.2) is 0 Å². The molecule has 0 saturated heterocycles. The number of carbonyl (C=O) groups excluding carboxylic acids is 1. The molecule has 2 rings (SSSR count). The minimum atomic E-state index is -0.441. The molecule has 4 heteroatoms. The van der Waals surface area contributed by atoms with E-state index in [1.807, 2.05) is 6.07 Å². The highest BCUT2D eigenvalue weighted by atomic mass is 16.6. The normalized spacial score (nSPS) is 9.93. The highest BCUT2D eigenvalue weighted by molar-refractivity contribution is 5.90. The smallest absolute Gasteiger partial charge is 0.344 e. The fraction of sp³-hybridized carbons (Fsp3) is 0.0909. The van der Waals surface area contributed by atoms with Crippen LogP contribution in [-0.4, -0.2) is 11.1 Å². The van der Waals surface area contributed by atoms with Gasteiger partial charge in [-0.2, -0.15) is 0 Å². The van der Waals surface area contributed by atoms with Gasteiger partial charge in [0.05, 0.1) is 5.56 Å². The number of esters is 1. The summed E-state index contributed by atoms with van der Waals surface area (Å²) in [6.45, 7) is 1.73. The average molecular weight is 203 g/mol. The van der Waals surface area contributed by atoms with Crippen molar-refractivity contribution in [1.82, 2.24) is 5.16 Å². The van der Waals surface area contributed by atoms with Crippen molar-refractivity contribution in [3.8, 4) is 5.88 Å². The first kappa shape index (κ1) is 9.45. The van der Waals surface area contributed by atoms with E-state index in [9.17, 15) is 4.79 Å². The summed E-state index contributed by atoms with van der Waals surface area (Å²) in [5.41, 5.74) is 0.484. The fourth-order valence-electron chi connectivity index (χ4n) is 1.12. The monoisotopic (exact) mass is 203 g/mol. The Labute approximate surface area is 86.5 Å². The molecule has 0 N–H and O–H groups in total. The first-order chi connectivity index (χ1) is 7.25. The van der Waals surface area contributed by atoms with Gasteiger partial charge in [-0.25, -0.2) is 4.79 Å². The molecule has 2 aromatic rings. The molecule has 0 atom stereocenters. The summed E-state index contributed by atoms with van der Waals surface area (Å²) >= 11 is 0. The van der Waals surface area contributed by atoms with Crippen LogP contribution in [0.1, 0.15) is 16.1 Å². The van der Waals surface area contributed by atoms with Crippen LogP contribution in [0.5, 0.6) is 5.88 Å². The van der Waals surface area contributed by atoms with Gasteiger partial charge in [0.1, 0.15) is 5.76 Å². The van der Waals surface area contributed by atoms with Gasteiger partial charge >= 0.3 is 5.97 Å². The summed E-state index contributed by atoms with van der Waals surface area (Å²) in [6, 6.07) is 10.3. The first-order valence-corrected chi connectivity index (χ1v) is 4.46. The standard InChI is InChI=1S/C11H9NO3/c1-8-7-10(12-15-8)14-11(13)9-5-3-2-4-6-9/h2-7H,1H3. The second-order valence-corrected chi connectivity index (χ2v) is 3.03. The Morgan fingerprint density at radius 1 is 1.33 bits per heavy atom. The van der Waals surface area contributed by atoms with Crippen molar-refractivity contribution < 1.29 is 14.1 Å². The maximum Gasteiger partial charge on any atom is 0.344 e. The summed E-state index contributed by atoms with van der Waals surface area (Å²) in [5.74, 6) is 0.344. The highest BCUT2D eigenvalue weighted by Gasteiger charge is 2.10. The quantitative estimate of drug-likeness (QED) is 0.702. The lowest BCUT2D eigenvalue weighted by Crippen LogP contribution is -2.08. The van der Waals surface area contributed by atoms with Crippen LogP contribution in [0.2, 0.25) is 0 Å². The lowest BCUT2D eigenvalue weighted by atomic mass is 10.2. The van der Waals surface area contributed by atoms with Gasteiger partial charge in [0, 0.05) is 6.07 Å². The summed E-state index contributed by atoms with van der Waals surface area (Å²) in [5, 5.41) is 3.56. The molecular weight excluding hydrogens is 194 g/mol. The Kier molecular flexibility index (Phi) is 2.49. The number of nitrogens with zero attached hydrogens (tertiary/aromatic N) is 1. The Hall–Kier alpha value is -2.10. The predicted octanol–water partition coefficient (Wildman–Crippen LogP) is 2.20. The van der Waals surface area contributed by atoms with Crippen LogP contribution in [0.15, 0.2) is 40.9 Å². The van der Waals surface area contributed by atoms with Crippen LogP contribution in [0.3, 0.4) is 0 Å². The Morgan fingerprint density at radius 2 is 2.07 bits per heavy atom. The number of hydrogen-bond acceptors (Lipinski definition) is 4. The predicted molar refractivity (Wildman–Crippen MR) is 52.6 cm³/mol. The molecule has 76 valence electrons. The third kappa shape index (κ3) is 2.22. The highest BCUT2D eigenvalue weighted by Crippen LogP contribution is 2.12. The molecule has 0 bridgehead atoms. The van der Waals surface area contributed by atoms with Crippen molar-refractivity contribution in [2.75, 3.05) is 0 Å². The molecule has 0 saturated carbocycles. The van der Waals surface area contributed by atoms with E-state index in [0.717, 1.165) is 0 Å². The van der Waals surface area contributed by atoms with Crippen LogP contribution in [0.25, 0.3) is 0 Å². The van der Waals surface area contributed by atoms with Crippen LogP contribution in [-0.2, 0) is 0 Å². The van der Waals surface area contributed by atoms with Gasteiger partial charge in [-0.1, -0.05) is 18.2 Å². The van der Waals surface area contributed by atoms with E-state index in [1.54, 1.807) is 37.3 Å². The lowest BCUT2D eigenvalue weighted by Gasteiger charge is -1.98. The maximum atomic E-state index is 11.5. The van der Waals surface area contributed by atoms with E-state index in [0.29, 0.717) is 11.3 Å². The van der Waals surface area contributed by atoms with Crippen molar-refractivity contribution >= 4 is 5.97 Å². The minimum Gasteiger partial charge on any atom is -0.400 e. The van der Waals surface area contributed by atoms with E-state index in [1.165, 1.54) is 0 Å². The number of ether oxygens (including phenoxy) is 1. The molecule has 1 aromatic carbocycles. The van der Waals surface area contributed by atoms with Crippen molar-refractivity contribution in [3.05, 3.63) is 47.7 Å². The maximum absolute atomic E-state index is 11.5. The molecule has 0 radical (unpaired) electrons. The SMILES string of the molecule is Cc1cc(OC(=O)c2ccccc2)no1. The number of benzene rings is 1. The summed E-state index contributed by atoms with van der Waals surface area (Å²) in [7, 11) is 0. The van der Waals surface area contributed by atoms with Gasteiger partial charge in [-0.05, 0) is 24.2 Å². The Balaban J connectivity index is 2.11. The Morgan fingerprint density at radius 3 is 2.67 bits per heavy atom. The van der Waals surface area contributed by atoms with Crippen molar-refractivity contribution in [1.29, 1.82) is 0 Å². The molecule has 15 heavy (non-hydrogen) atoms. The van der Waals surface area contributed by atoms with E-state index in [2.05, 4.69) is 5.16 Å². The summed E-state index contributed by atoms with van der Waals surface area (Å²) in [6.07, 6.45) is 0. The Bertz CT molecular complexity index is 462. The van der Waals surface area contributed by atoms with E-state index in [4.69, 9.17) is 9.26 Å². The van der Waals surface area contributed by atoms with Crippen LogP contribution in [0.4, 0.5) is 0 Å². The van der Waals surface area contributed by atoms with E-state index >= 15 is 0 Å². The van der Waals surface area contributed by atoms with Crippen molar-refractivity contribution in [2.45, 2.75) is 6.92 Å². The van der Waals surface area contributed by atoms with Crippen LogP contribution >= 0.6 is 0 Å². The minimum absolute atomic E-state index is 0.182. The number of aromatic nitrogens is 1. The topological polar surface area (TPSA) is 52.3 Å². The molecule has 0 aliphatic rings. The van der Waals surface area contributed by atoms with E-state index < -0.39 is 5.97 Å². The zero-order valence-corrected chi connectivity index (χ0v) is 8.14. The largest absolute Gasteiger partial charge is 0.400 e. The molecule has 4 nitrogen and oxygen atoms in total. The van der Waals surface area contributed by atoms with Gasteiger partial charge in [-0.3, -0.25) is 0 Å². The molecule has 0 unspecified atom stereocenters. The van der Waals surface area contributed by atoms with Gasteiger partial charge in [-0.15, -0.1) is 0 Å². The van der Waals surface area contributed by atoms with Crippen molar-refractivity contribution in [3.63, 3.8) is 0 Å². The fourth-order valence-corrected chi connectivity index (χ4v) is 1.12. The second kappa shape index (κ2) is 3.96. The molecule has 1 aromatic heterocycles. The van der Waals surface area contributed by atoms with Gasteiger partial charge < -0.3 is 9.26 Å². The molecule has 1 heterocycles. The van der Waals surface area contributed by atoms with E-state index in [-0.39, 0.29) is 5.88 Å². The van der Waals surface area contributed by atoms with Gasteiger partial charge in [0.25, 0.3) is 5.88 Å². The second-order valence-electron chi connectivity index (χ2n) is 3.03. The third-order valence-corrected chi connectivity index (χ3v) is 1.81. The average Bonchev–Trinajstić information content (AvgIpc) is 2.65. The van der Waals surface area contributed by atoms with Gasteiger partial charge in [0.2, 0.25) is 0 Å². The molecule has 0 spiro atoms.